The number of halogens is 3. The van der Waals surface area contributed by atoms with Crippen LogP contribution in [0.1, 0.15) is 34.2 Å². The SMILES string of the molecule is CCS(=O)(=O)Nc1nc(C)ncc1CNc1nc(Nc2ccc(C(N)=O)cc2)ncc1C(F)(F)F. The number of nitrogens with zero attached hydrogens (tertiary/aromatic N) is 4. The van der Waals surface area contributed by atoms with Crippen molar-refractivity contribution in [3.05, 3.63) is 59.2 Å². The number of alkyl halides is 3. The van der Waals surface area contributed by atoms with E-state index in [2.05, 4.69) is 35.3 Å². The van der Waals surface area contributed by atoms with Crippen LogP contribution in [-0.2, 0) is 22.7 Å². The summed E-state index contributed by atoms with van der Waals surface area (Å²) >= 11 is 0. The summed E-state index contributed by atoms with van der Waals surface area (Å²) in [7, 11) is -3.69. The van der Waals surface area contributed by atoms with Crippen molar-refractivity contribution in [2.75, 3.05) is 21.1 Å². The summed E-state index contributed by atoms with van der Waals surface area (Å²) in [6, 6.07) is 5.85. The second kappa shape index (κ2) is 10.1. The third-order valence-electron chi connectivity index (χ3n) is 4.58. The number of aromatic nitrogens is 4. The van der Waals surface area contributed by atoms with Gasteiger partial charge in [0.15, 0.2) is 0 Å². The van der Waals surface area contributed by atoms with E-state index in [1.807, 2.05) is 0 Å². The standard InChI is InChI=1S/C20H21F3N8O3S/c1-3-35(33,34)31-17-13(8-25-11(2)28-17)9-26-18-15(20(21,22)23)10-27-19(30-18)29-14-6-4-12(5-7-14)16(24)32/h4-8,10H,3,9H2,1-2H3,(H2,24,32)(H,25,28,31)(H2,26,27,29,30). The first-order chi connectivity index (χ1) is 16.4. The Morgan fingerprint density at radius 2 is 1.74 bits per heavy atom. The van der Waals surface area contributed by atoms with Crippen LogP contribution in [0.4, 0.5) is 36.4 Å². The molecule has 3 rings (SSSR count). The van der Waals surface area contributed by atoms with Crippen LogP contribution in [0.25, 0.3) is 0 Å². The molecule has 5 N–H and O–H groups in total. The number of rotatable bonds is 9. The van der Waals surface area contributed by atoms with Crippen LogP contribution >= 0.6 is 0 Å². The Labute approximate surface area is 198 Å². The molecule has 0 aliphatic carbocycles. The molecule has 0 fully saturated rings. The Balaban J connectivity index is 1.89. The highest BCUT2D eigenvalue weighted by molar-refractivity contribution is 7.92. The third kappa shape index (κ3) is 6.75. The van der Waals surface area contributed by atoms with Crippen molar-refractivity contribution in [3.63, 3.8) is 0 Å². The lowest BCUT2D eigenvalue weighted by atomic mass is 10.2. The van der Waals surface area contributed by atoms with E-state index < -0.39 is 33.5 Å². The van der Waals surface area contributed by atoms with Crippen LogP contribution in [0, 0.1) is 6.92 Å². The quantitative estimate of drug-likeness (QED) is 0.339. The molecule has 1 amide bonds. The van der Waals surface area contributed by atoms with Crippen LogP contribution in [0.15, 0.2) is 36.7 Å². The average Bonchev–Trinajstić information content (AvgIpc) is 2.78. The molecular weight excluding hydrogens is 489 g/mol. The largest absolute Gasteiger partial charge is 0.421 e. The number of aryl methyl sites for hydroxylation is 1. The van der Waals surface area contributed by atoms with E-state index in [0.717, 1.165) is 0 Å². The number of carbonyl (C=O) groups is 1. The number of hydrogen-bond acceptors (Lipinski definition) is 9. The van der Waals surface area contributed by atoms with E-state index in [0.29, 0.717) is 11.9 Å². The van der Waals surface area contributed by atoms with Gasteiger partial charge in [-0.2, -0.15) is 18.2 Å². The molecule has 0 bridgehead atoms. The van der Waals surface area contributed by atoms with Crippen LogP contribution in [0.5, 0.6) is 0 Å². The minimum absolute atomic E-state index is 0.0534. The van der Waals surface area contributed by atoms with Crippen molar-refractivity contribution in [1.82, 2.24) is 19.9 Å². The summed E-state index contributed by atoms with van der Waals surface area (Å²) in [4.78, 5) is 26.8. The van der Waals surface area contributed by atoms with Gasteiger partial charge in [0.1, 0.15) is 23.0 Å². The summed E-state index contributed by atoms with van der Waals surface area (Å²) in [6.45, 7) is 2.70. The molecule has 0 aliphatic heterocycles. The first kappa shape index (κ1) is 25.6. The van der Waals surface area contributed by atoms with E-state index in [1.165, 1.54) is 37.4 Å². The highest BCUT2D eigenvalue weighted by Gasteiger charge is 2.35. The summed E-state index contributed by atoms with van der Waals surface area (Å²) < 4.78 is 66.9. The second-order valence-electron chi connectivity index (χ2n) is 7.17. The Bertz CT molecular complexity index is 1330. The fraction of sp³-hybridized carbons (Fsp3) is 0.250. The van der Waals surface area contributed by atoms with E-state index >= 15 is 0 Å². The minimum Gasteiger partial charge on any atom is -0.366 e. The third-order valence-corrected chi connectivity index (χ3v) is 5.85. The Kier molecular flexibility index (Phi) is 7.38. The number of nitrogens with two attached hydrogens (primary N) is 1. The maximum Gasteiger partial charge on any atom is 0.421 e. The highest BCUT2D eigenvalue weighted by Crippen LogP contribution is 2.34. The summed E-state index contributed by atoms with van der Waals surface area (Å²) in [6.07, 6.45) is -2.85. The number of amides is 1. The summed E-state index contributed by atoms with van der Waals surface area (Å²) in [5.74, 6) is -1.33. The topological polar surface area (TPSA) is 165 Å². The number of anilines is 4. The van der Waals surface area contributed by atoms with E-state index in [4.69, 9.17) is 5.73 Å². The first-order valence-corrected chi connectivity index (χ1v) is 11.7. The molecule has 0 saturated heterocycles. The van der Waals surface area contributed by atoms with E-state index in [1.54, 1.807) is 6.92 Å². The molecule has 0 unspecified atom stereocenters. The van der Waals surface area contributed by atoms with E-state index in [-0.39, 0.29) is 41.0 Å². The Morgan fingerprint density at radius 3 is 2.34 bits per heavy atom. The lowest BCUT2D eigenvalue weighted by molar-refractivity contribution is -0.137. The zero-order valence-corrected chi connectivity index (χ0v) is 19.3. The molecule has 2 aromatic heterocycles. The van der Waals surface area contributed by atoms with Gasteiger partial charge in [-0.25, -0.2) is 23.4 Å². The zero-order valence-electron chi connectivity index (χ0n) is 18.5. The molecular formula is C20H21F3N8O3S. The number of sulfonamides is 1. The van der Waals surface area contributed by atoms with Gasteiger partial charge in [0, 0.05) is 35.8 Å². The molecule has 0 aliphatic rings. The van der Waals surface area contributed by atoms with Gasteiger partial charge in [-0.1, -0.05) is 0 Å². The Hall–Kier alpha value is -4.01. The van der Waals surface area contributed by atoms with Crippen LogP contribution in [0.2, 0.25) is 0 Å². The van der Waals surface area contributed by atoms with Gasteiger partial charge in [-0.05, 0) is 38.1 Å². The Morgan fingerprint density at radius 1 is 1.06 bits per heavy atom. The van der Waals surface area contributed by atoms with Crippen molar-refractivity contribution in [2.24, 2.45) is 5.73 Å². The predicted molar refractivity (Wildman–Crippen MR) is 122 cm³/mol. The van der Waals surface area contributed by atoms with Gasteiger partial charge in [0.05, 0.1) is 5.75 Å². The van der Waals surface area contributed by atoms with Crippen LogP contribution in [-0.4, -0.2) is 40.0 Å². The minimum atomic E-state index is -4.76. The molecule has 3 aromatic rings. The lowest BCUT2D eigenvalue weighted by Gasteiger charge is -2.16. The molecule has 0 spiro atoms. The van der Waals surface area contributed by atoms with Gasteiger partial charge in [-0.15, -0.1) is 0 Å². The van der Waals surface area contributed by atoms with Gasteiger partial charge in [0.25, 0.3) is 0 Å². The van der Waals surface area contributed by atoms with Gasteiger partial charge in [0.2, 0.25) is 21.9 Å². The average molecular weight is 511 g/mol. The van der Waals surface area contributed by atoms with Crippen molar-refractivity contribution >= 4 is 39.2 Å². The molecule has 186 valence electrons. The lowest BCUT2D eigenvalue weighted by Crippen LogP contribution is -2.19. The van der Waals surface area contributed by atoms with Gasteiger partial charge in [-0.3, -0.25) is 9.52 Å². The van der Waals surface area contributed by atoms with Crippen molar-refractivity contribution < 1.29 is 26.4 Å². The molecule has 0 radical (unpaired) electrons. The number of primary amides is 1. The molecule has 1 aromatic carbocycles. The monoisotopic (exact) mass is 510 g/mol. The fourth-order valence-electron chi connectivity index (χ4n) is 2.74. The van der Waals surface area contributed by atoms with Gasteiger partial charge >= 0.3 is 6.18 Å². The van der Waals surface area contributed by atoms with Crippen LogP contribution in [0.3, 0.4) is 0 Å². The first-order valence-electron chi connectivity index (χ1n) is 10.1. The summed E-state index contributed by atoms with van der Waals surface area (Å²) in [5.41, 5.74) is 4.92. The van der Waals surface area contributed by atoms with Crippen molar-refractivity contribution in [2.45, 2.75) is 26.6 Å². The molecule has 35 heavy (non-hydrogen) atoms. The molecule has 0 saturated carbocycles. The second-order valence-corrected chi connectivity index (χ2v) is 9.18. The number of carbonyl (C=O) groups excluding carboxylic acids is 1. The smallest absolute Gasteiger partial charge is 0.366 e. The van der Waals surface area contributed by atoms with Crippen molar-refractivity contribution in [1.29, 1.82) is 0 Å². The zero-order chi connectivity index (χ0) is 25.8. The molecule has 11 nitrogen and oxygen atoms in total. The molecule has 2 heterocycles. The summed E-state index contributed by atoms with van der Waals surface area (Å²) in [5, 5.41) is 5.31. The maximum absolute atomic E-state index is 13.6. The fourth-order valence-corrected chi connectivity index (χ4v) is 3.36. The molecule has 0 atom stereocenters. The van der Waals surface area contributed by atoms with Crippen LogP contribution < -0.4 is 21.1 Å². The highest BCUT2D eigenvalue weighted by atomic mass is 32.2. The number of hydrogen-bond donors (Lipinski definition) is 4. The van der Waals surface area contributed by atoms with Gasteiger partial charge < -0.3 is 16.4 Å². The van der Waals surface area contributed by atoms with Crippen molar-refractivity contribution in [3.8, 4) is 0 Å². The normalized spacial score (nSPS) is 11.7. The maximum atomic E-state index is 13.6. The predicted octanol–water partition coefficient (Wildman–Crippen LogP) is 2.81. The molecule has 15 heteroatoms. The number of nitrogens with one attached hydrogen (secondary N) is 3. The number of benzene rings is 1. The van der Waals surface area contributed by atoms with E-state index in [9.17, 15) is 26.4 Å².